The maximum Gasteiger partial charge on any atom is 0.200 e. The number of hydrogen-bond acceptors (Lipinski definition) is 1. The first-order valence-electron chi connectivity index (χ1n) is 13.7. The molecule has 0 amide bonds. The molecule has 0 spiro atoms. The topological polar surface area (TPSA) is 9.23 Å². The van der Waals surface area contributed by atoms with E-state index in [-0.39, 0.29) is 11.7 Å². The van der Waals surface area contributed by atoms with Crippen LogP contribution in [0.5, 0.6) is 5.75 Å². The maximum atomic E-state index is 14.9. The van der Waals surface area contributed by atoms with E-state index in [1.807, 2.05) is 6.92 Å². The summed E-state index contributed by atoms with van der Waals surface area (Å²) in [6.45, 7) is 4.69. The van der Waals surface area contributed by atoms with Gasteiger partial charge in [-0.15, -0.1) is 0 Å². The summed E-state index contributed by atoms with van der Waals surface area (Å²) in [5.41, 5.74) is 0.581. The molecular formula is C29H44F2O. The summed E-state index contributed by atoms with van der Waals surface area (Å²) in [7, 11) is 0. The molecule has 1 aromatic rings. The van der Waals surface area contributed by atoms with E-state index in [0.29, 0.717) is 18.1 Å². The van der Waals surface area contributed by atoms with Gasteiger partial charge in [0.25, 0.3) is 0 Å². The highest BCUT2D eigenvalue weighted by atomic mass is 19.2. The van der Waals surface area contributed by atoms with Crippen LogP contribution in [0.15, 0.2) is 12.1 Å². The smallest absolute Gasteiger partial charge is 0.200 e. The molecule has 3 aliphatic rings. The van der Waals surface area contributed by atoms with Crippen molar-refractivity contribution in [3.8, 4) is 5.75 Å². The SMILES string of the molecule is CCCCC1CCC(C2CCC3CC(c4ccc(OCCC)c(F)c4F)CCC3C2)CC1. The van der Waals surface area contributed by atoms with Crippen LogP contribution in [-0.4, -0.2) is 6.61 Å². The van der Waals surface area contributed by atoms with Crippen LogP contribution < -0.4 is 4.74 Å². The average molecular weight is 447 g/mol. The van der Waals surface area contributed by atoms with Crippen molar-refractivity contribution in [3.63, 3.8) is 0 Å². The number of fused-ring (bicyclic) bond motifs is 1. The largest absolute Gasteiger partial charge is 0.490 e. The summed E-state index contributed by atoms with van der Waals surface area (Å²) in [4.78, 5) is 0. The number of halogens is 2. The second kappa shape index (κ2) is 11.3. The van der Waals surface area contributed by atoms with Crippen molar-refractivity contribution in [1.29, 1.82) is 0 Å². The lowest BCUT2D eigenvalue weighted by Gasteiger charge is -2.45. The van der Waals surface area contributed by atoms with Crippen molar-refractivity contribution in [2.24, 2.45) is 29.6 Å². The Morgan fingerprint density at radius 2 is 1.41 bits per heavy atom. The molecule has 0 radical (unpaired) electrons. The molecule has 4 rings (SSSR count). The molecule has 1 nitrogen and oxygen atoms in total. The van der Waals surface area contributed by atoms with Gasteiger partial charge < -0.3 is 4.74 Å². The van der Waals surface area contributed by atoms with Crippen LogP contribution in [-0.2, 0) is 0 Å². The Balaban J connectivity index is 1.30. The monoisotopic (exact) mass is 446 g/mol. The van der Waals surface area contributed by atoms with Gasteiger partial charge in [0.05, 0.1) is 6.61 Å². The highest BCUT2D eigenvalue weighted by Gasteiger charge is 2.39. The molecule has 4 atom stereocenters. The fraction of sp³-hybridized carbons (Fsp3) is 0.793. The lowest BCUT2D eigenvalue weighted by atomic mass is 9.60. The highest BCUT2D eigenvalue weighted by molar-refractivity contribution is 5.33. The molecule has 3 saturated carbocycles. The molecule has 0 saturated heterocycles. The van der Waals surface area contributed by atoms with Gasteiger partial charge in [0.2, 0.25) is 5.82 Å². The van der Waals surface area contributed by atoms with Crippen molar-refractivity contribution in [1.82, 2.24) is 0 Å². The van der Waals surface area contributed by atoms with Crippen LogP contribution in [0.25, 0.3) is 0 Å². The van der Waals surface area contributed by atoms with Gasteiger partial charge in [-0.05, 0) is 105 Å². The van der Waals surface area contributed by atoms with Crippen LogP contribution >= 0.6 is 0 Å². The first kappa shape index (κ1) is 24.0. The van der Waals surface area contributed by atoms with Gasteiger partial charge >= 0.3 is 0 Å². The van der Waals surface area contributed by atoms with Crippen LogP contribution in [0.1, 0.15) is 115 Å². The quantitative estimate of drug-likeness (QED) is 0.387. The molecule has 32 heavy (non-hydrogen) atoms. The van der Waals surface area contributed by atoms with E-state index >= 15 is 0 Å². The number of unbranched alkanes of at least 4 members (excludes halogenated alkanes) is 1. The van der Waals surface area contributed by atoms with Crippen molar-refractivity contribution >= 4 is 0 Å². The molecule has 0 N–H and O–H groups in total. The first-order valence-corrected chi connectivity index (χ1v) is 13.7. The van der Waals surface area contributed by atoms with Crippen molar-refractivity contribution in [3.05, 3.63) is 29.3 Å². The zero-order chi connectivity index (χ0) is 22.5. The van der Waals surface area contributed by atoms with E-state index in [1.54, 1.807) is 12.1 Å². The number of ether oxygens (including phenoxy) is 1. The molecule has 4 unspecified atom stereocenters. The summed E-state index contributed by atoms with van der Waals surface area (Å²) < 4.78 is 34.8. The first-order chi connectivity index (χ1) is 15.6. The Labute approximate surface area is 194 Å². The summed E-state index contributed by atoms with van der Waals surface area (Å²) in [5.74, 6) is 3.13. The van der Waals surface area contributed by atoms with Crippen molar-refractivity contribution < 1.29 is 13.5 Å². The van der Waals surface area contributed by atoms with E-state index in [1.165, 1.54) is 70.6 Å². The van der Waals surface area contributed by atoms with Gasteiger partial charge in [-0.25, -0.2) is 4.39 Å². The average Bonchev–Trinajstić information content (AvgIpc) is 2.83. The standard InChI is InChI=1S/C29H44F2O/c1-3-5-6-20-7-9-21(10-8-20)22-11-12-24-19-25(14-13-23(24)18-22)26-15-16-27(32-17-4-2)29(31)28(26)30/h15-16,20-25H,3-14,17-19H2,1-2H3. The lowest BCUT2D eigenvalue weighted by molar-refractivity contribution is 0.0705. The zero-order valence-electron chi connectivity index (χ0n) is 20.4. The molecule has 3 fully saturated rings. The van der Waals surface area contributed by atoms with Crippen LogP contribution in [0.2, 0.25) is 0 Å². The van der Waals surface area contributed by atoms with Gasteiger partial charge in [0, 0.05) is 0 Å². The minimum Gasteiger partial charge on any atom is -0.490 e. The van der Waals surface area contributed by atoms with E-state index in [2.05, 4.69) is 6.92 Å². The van der Waals surface area contributed by atoms with Crippen LogP contribution in [0, 0.1) is 41.2 Å². The summed E-state index contributed by atoms with van der Waals surface area (Å²) in [6, 6.07) is 3.43. The highest BCUT2D eigenvalue weighted by Crippen LogP contribution is 2.51. The van der Waals surface area contributed by atoms with Gasteiger partial charge in [-0.3, -0.25) is 0 Å². The van der Waals surface area contributed by atoms with E-state index < -0.39 is 11.6 Å². The third-order valence-electron chi connectivity index (χ3n) is 9.16. The molecule has 3 aliphatic carbocycles. The second-order valence-corrected chi connectivity index (χ2v) is 11.2. The molecule has 0 aliphatic heterocycles. The summed E-state index contributed by atoms with van der Waals surface area (Å²) in [6.07, 6.45) is 18.1. The molecule has 1 aromatic carbocycles. The fourth-order valence-corrected chi connectivity index (χ4v) is 7.26. The predicted octanol–water partition coefficient (Wildman–Crippen LogP) is 9.05. The van der Waals surface area contributed by atoms with Gasteiger partial charge in [-0.1, -0.05) is 52.0 Å². The van der Waals surface area contributed by atoms with Crippen molar-refractivity contribution in [2.75, 3.05) is 6.61 Å². The van der Waals surface area contributed by atoms with Gasteiger partial charge in [0.15, 0.2) is 11.6 Å². The molecule has 0 aromatic heterocycles. The number of benzene rings is 1. The van der Waals surface area contributed by atoms with E-state index in [4.69, 9.17) is 4.74 Å². The molecule has 180 valence electrons. The normalized spacial score (nSPS) is 33.0. The number of hydrogen-bond donors (Lipinski definition) is 0. The third-order valence-corrected chi connectivity index (χ3v) is 9.16. The van der Waals surface area contributed by atoms with Gasteiger partial charge in [-0.2, -0.15) is 4.39 Å². The van der Waals surface area contributed by atoms with E-state index in [9.17, 15) is 8.78 Å². The Bertz CT molecular complexity index is 724. The molecule has 0 bridgehead atoms. The zero-order valence-corrected chi connectivity index (χ0v) is 20.4. The fourth-order valence-electron chi connectivity index (χ4n) is 7.26. The van der Waals surface area contributed by atoms with Gasteiger partial charge in [0.1, 0.15) is 0 Å². The van der Waals surface area contributed by atoms with Crippen LogP contribution in [0.4, 0.5) is 8.78 Å². The Morgan fingerprint density at radius 3 is 2.12 bits per heavy atom. The Hall–Kier alpha value is -1.12. The minimum atomic E-state index is -0.795. The minimum absolute atomic E-state index is 0.0618. The van der Waals surface area contributed by atoms with E-state index in [0.717, 1.165) is 42.9 Å². The number of rotatable bonds is 8. The van der Waals surface area contributed by atoms with Crippen molar-refractivity contribution in [2.45, 2.75) is 110 Å². The maximum absolute atomic E-state index is 14.9. The Kier molecular flexibility index (Phi) is 8.51. The van der Waals surface area contributed by atoms with Crippen LogP contribution in [0.3, 0.4) is 0 Å². The predicted molar refractivity (Wildman–Crippen MR) is 128 cm³/mol. The second-order valence-electron chi connectivity index (χ2n) is 11.2. The third kappa shape index (κ3) is 5.50. The molecule has 0 heterocycles. The summed E-state index contributed by atoms with van der Waals surface area (Å²) >= 11 is 0. The molecule has 3 heteroatoms. The lowest BCUT2D eigenvalue weighted by Crippen LogP contribution is -2.34. The molecular weight excluding hydrogens is 402 g/mol. The summed E-state index contributed by atoms with van der Waals surface area (Å²) in [5, 5.41) is 0. The Morgan fingerprint density at radius 1 is 0.750 bits per heavy atom.